The Morgan fingerprint density at radius 3 is 2.78 bits per heavy atom. The molecule has 0 aliphatic carbocycles. The summed E-state index contributed by atoms with van der Waals surface area (Å²) in [5.74, 6) is -0.454. The van der Waals surface area contributed by atoms with Crippen LogP contribution in [-0.2, 0) is 0 Å². The van der Waals surface area contributed by atoms with E-state index in [1.165, 1.54) is 12.4 Å². The molecule has 98 valence electrons. The van der Waals surface area contributed by atoms with E-state index in [1.54, 1.807) is 0 Å². The van der Waals surface area contributed by atoms with Crippen LogP contribution in [0.4, 0.5) is 5.82 Å². The third kappa shape index (κ3) is 3.64. The van der Waals surface area contributed by atoms with Crippen molar-refractivity contribution in [3.05, 3.63) is 18.1 Å². The number of carboxylic acid groups (broad SMARTS) is 1. The van der Waals surface area contributed by atoms with E-state index in [-0.39, 0.29) is 5.69 Å². The number of aromatic nitrogens is 2. The molecule has 7 heteroatoms. The molecule has 1 saturated heterocycles. The molecule has 0 saturated carbocycles. The summed E-state index contributed by atoms with van der Waals surface area (Å²) in [5.41, 5.74) is -0.0392. The summed E-state index contributed by atoms with van der Waals surface area (Å²) in [7, 11) is 0. The summed E-state index contributed by atoms with van der Waals surface area (Å²) in [5, 5.41) is 15.1. The number of carbonyl (C=O) groups is 1. The van der Waals surface area contributed by atoms with Crippen molar-refractivity contribution < 1.29 is 9.90 Å². The van der Waals surface area contributed by atoms with Crippen molar-refractivity contribution in [1.82, 2.24) is 20.2 Å². The maximum absolute atomic E-state index is 10.6. The first-order valence-electron chi connectivity index (χ1n) is 5.98. The van der Waals surface area contributed by atoms with Crippen LogP contribution in [0.3, 0.4) is 0 Å². The molecule has 7 nitrogen and oxygen atoms in total. The van der Waals surface area contributed by atoms with E-state index in [1.807, 2.05) is 0 Å². The van der Waals surface area contributed by atoms with E-state index < -0.39 is 5.97 Å². The van der Waals surface area contributed by atoms with Crippen molar-refractivity contribution in [2.75, 3.05) is 44.6 Å². The van der Waals surface area contributed by atoms with Gasteiger partial charge in [0.1, 0.15) is 5.82 Å². The van der Waals surface area contributed by atoms with Gasteiger partial charge in [-0.2, -0.15) is 0 Å². The molecular formula is C11H17N5O2. The van der Waals surface area contributed by atoms with Crippen LogP contribution >= 0.6 is 0 Å². The molecule has 0 bridgehead atoms. The van der Waals surface area contributed by atoms with Gasteiger partial charge in [0.05, 0.1) is 12.4 Å². The second-order valence-corrected chi connectivity index (χ2v) is 4.11. The summed E-state index contributed by atoms with van der Waals surface area (Å²) in [6, 6.07) is 0. The molecule has 3 N–H and O–H groups in total. The summed E-state index contributed by atoms with van der Waals surface area (Å²) in [6.45, 7) is 5.92. The van der Waals surface area contributed by atoms with E-state index in [2.05, 4.69) is 25.5 Å². The van der Waals surface area contributed by atoms with Gasteiger partial charge in [-0.05, 0) is 0 Å². The minimum absolute atomic E-state index is 0.0392. The highest BCUT2D eigenvalue weighted by molar-refractivity contribution is 5.84. The maximum Gasteiger partial charge on any atom is 0.356 e. The molecule has 1 aromatic rings. The topological polar surface area (TPSA) is 90.4 Å². The number of nitrogens with zero attached hydrogens (tertiary/aromatic N) is 3. The normalized spacial score (nSPS) is 16.4. The molecule has 1 aliphatic heterocycles. The van der Waals surface area contributed by atoms with Crippen molar-refractivity contribution in [3.8, 4) is 0 Å². The first-order chi connectivity index (χ1) is 8.75. The van der Waals surface area contributed by atoms with Gasteiger partial charge in [0.25, 0.3) is 0 Å². The average molecular weight is 251 g/mol. The molecule has 1 aromatic heterocycles. The molecule has 0 aromatic carbocycles. The van der Waals surface area contributed by atoms with Crippen LogP contribution in [0.5, 0.6) is 0 Å². The van der Waals surface area contributed by atoms with Crippen molar-refractivity contribution in [2.45, 2.75) is 0 Å². The van der Waals surface area contributed by atoms with Gasteiger partial charge in [-0.25, -0.2) is 14.8 Å². The lowest BCUT2D eigenvalue weighted by Gasteiger charge is -2.27. The fourth-order valence-electron chi connectivity index (χ4n) is 1.81. The lowest BCUT2D eigenvalue weighted by Crippen LogP contribution is -2.45. The minimum atomic E-state index is -1.06. The molecule has 0 spiro atoms. The summed E-state index contributed by atoms with van der Waals surface area (Å²) >= 11 is 0. The Hall–Kier alpha value is -1.73. The zero-order chi connectivity index (χ0) is 12.8. The number of piperazine rings is 1. The van der Waals surface area contributed by atoms with Gasteiger partial charge in [0, 0.05) is 39.3 Å². The molecule has 1 aliphatic rings. The monoisotopic (exact) mass is 251 g/mol. The smallest absolute Gasteiger partial charge is 0.356 e. The van der Waals surface area contributed by atoms with Crippen LogP contribution in [0.25, 0.3) is 0 Å². The highest BCUT2D eigenvalue weighted by atomic mass is 16.4. The van der Waals surface area contributed by atoms with E-state index in [9.17, 15) is 4.79 Å². The van der Waals surface area contributed by atoms with Gasteiger partial charge in [-0.1, -0.05) is 0 Å². The molecule has 1 fully saturated rings. The molecule has 0 radical (unpaired) electrons. The van der Waals surface area contributed by atoms with Crippen LogP contribution in [0.2, 0.25) is 0 Å². The van der Waals surface area contributed by atoms with E-state index in [0.29, 0.717) is 5.82 Å². The summed E-state index contributed by atoms with van der Waals surface area (Å²) < 4.78 is 0. The fourth-order valence-corrected chi connectivity index (χ4v) is 1.81. The number of aromatic carboxylic acids is 1. The number of anilines is 1. The fraction of sp³-hybridized carbons (Fsp3) is 0.545. The first kappa shape index (κ1) is 12.7. The Balaban J connectivity index is 1.74. The van der Waals surface area contributed by atoms with Crippen molar-refractivity contribution in [2.24, 2.45) is 0 Å². The zero-order valence-corrected chi connectivity index (χ0v) is 10.1. The van der Waals surface area contributed by atoms with Gasteiger partial charge >= 0.3 is 5.97 Å². The third-order valence-corrected chi connectivity index (χ3v) is 2.81. The lowest BCUT2D eigenvalue weighted by atomic mass is 10.3. The van der Waals surface area contributed by atoms with E-state index in [0.717, 1.165) is 39.3 Å². The Bertz CT molecular complexity index is 389. The van der Waals surface area contributed by atoms with Crippen LogP contribution in [0.15, 0.2) is 12.4 Å². The average Bonchev–Trinajstić information content (AvgIpc) is 2.40. The van der Waals surface area contributed by atoms with Crippen molar-refractivity contribution in [3.63, 3.8) is 0 Å². The third-order valence-electron chi connectivity index (χ3n) is 2.81. The predicted octanol–water partition coefficient (Wildman–Crippen LogP) is -0.508. The van der Waals surface area contributed by atoms with Crippen LogP contribution in [0.1, 0.15) is 10.5 Å². The maximum atomic E-state index is 10.6. The quantitative estimate of drug-likeness (QED) is 0.649. The van der Waals surface area contributed by atoms with Crippen molar-refractivity contribution in [1.29, 1.82) is 0 Å². The van der Waals surface area contributed by atoms with Crippen LogP contribution in [0, 0.1) is 0 Å². The molecule has 2 rings (SSSR count). The SMILES string of the molecule is O=C(O)c1cnc(NCCN2CCNCC2)cn1. The second-order valence-electron chi connectivity index (χ2n) is 4.11. The number of rotatable bonds is 5. The minimum Gasteiger partial charge on any atom is -0.476 e. The number of hydrogen-bond acceptors (Lipinski definition) is 6. The summed E-state index contributed by atoms with van der Waals surface area (Å²) in [4.78, 5) is 20.8. The van der Waals surface area contributed by atoms with Crippen LogP contribution in [-0.4, -0.2) is 65.2 Å². The number of carboxylic acids is 1. The highest BCUT2D eigenvalue weighted by Gasteiger charge is 2.09. The molecule has 0 unspecified atom stereocenters. The van der Waals surface area contributed by atoms with Gasteiger partial charge in [0.2, 0.25) is 0 Å². The van der Waals surface area contributed by atoms with Gasteiger partial charge < -0.3 is 15.7 Å². The molecular weight excluding hydrogens is 234 g/mol. The molecule has 0 amide bonds. The molecule has 0 atom stereocenters. The van der Waals surface area contributed by atoms with E-state index >= 15 is 0 Å². The predicted molar refractivity (Wildman–Crippen MR) is 66.8 cm³/mol. The van der Waals surface area contributed by atoms with Gasteiger partial charge in [0.15, 0.2) is 5.69 Å². The Morgan fingerprint density at radius 1 is 1.39 bits per heavy atom. The standard InChI is InChI=1S/C11H17N5O2/c17-11(18)9-7-15-10(8-14-9)13-3-6-16-4-1-12-2-5-16/h7-8,12H,1-6H2,(H,13,15)(H,17,18). The van der Waals surface area contributed by atoms with Gasteiger partial charge in [-0.3, -0.25) is 4.90 Å². The molecule has 18 heavy (non-hydrogen) atoms. The highest BCUT2D eigenvalue weighted by Crippen LogP contribution is 2.01. The Labute approximate surface area is 105 Å². The Morgan fingerprint density at radius 2 is 2.17 bits per heavy atom. The first-order valence-corrected chi connectivity index (χ1v) is 5.98. The van der Waals surface area contributed by atoms with Gasteiger partial charge in [-0.15, -0.1) is 0 Å². The zero-order valence-electron chi connectivity index (χ0n) is 10.1. The second kappa shape index (κ2) is 6.27. The molecule has 2 heterocycles. The van der Waals surface area contributed by atoms with E-state index in [4.69, 9.17) is 5.11 Å². The van der Waals surface area contributed by atoms with Crippen LogP contribution < -0.4 is 10.6 Å². The Kier molecular flexibility index (Phi) is 4.43. The number of hydrogen-bond donors (Lipinski definition) is 3. The largest absolute Gasteiger partial charge is 0.476 e. The summed E-state index contributed by atoms with van der Waals surface area (Å²) in [6.07, 6.45) is 2.71. The lowest BCUT2D eigenvalue weighted by molar-refractivity contribution is 0.0690. The number of nitrogens with one attached hydrogen (secondary N) is 2. The van der Waals surface area contributed by atoms with Crippen molar-refractivity contribution >= 4 is 11.8 Å².